The molecule has 2 saturated carbocycles. The lowest BCUT2D eigenvalue weighted by Gasteiger charge is -2.24. The Hall–Kier alpha value is -0.630. The van der Waals surface area contributed by atoms with Crippen LogP contribution in [-0.2, 0) is 4.74 Å². The number of nitriles is 1. The Morgan fingerprint density at radius 1 is 1.30 bits per heavy atom. The first-order chi connectivity index (χ1) is 9.61. The third kappa shape index (κ3) is 6.21. The SMILES string of the molecule is CN(CCCC(C)(C#N)NC1CC1)CCOCC1CC1. The van der Waals surface area contributed by atoms with Gasteiger partial charge in [-0.3, -0.25) is 5.32 Å². The zero-order valence-electron chi connectivity index (χ0n) is 13.0. The van der Waals surface area contributed by atoms with Gasteiger partial charge >= 0.3 is 0 Å². The van der Waals surface area contributed by atoms with Crippen LogP contribution >= 0.6 is 0 Å². The molecule has 0 aliphatic heterocycles. The lowest BCUT2D eigenvalue weighted by molar-refractivity contribution is 0.103. The number of hydrogen-bond donors (Lipinski definition) is 1. The topological polar surface area (TPSA) is 48.3 Å². The average molecular weight is 279 g/mol. The van der Waals surface area contributed by atoms with E-state index in [9.17, 15) is 5.26 Å². The van der Waals surface area contributed by atoms with Gasteiger partial charge in [-0.05, 0) is 65.0 Å². The fourth-order valence-corrected chi connectivity index (χ4v) is 2.41. The summed E-state index contributed by atoms with van der Waals surface area (Å²) >= 11 is 0. The van der Waals surface area contributed by atoms with Crippen LogP contribution in [0, 0.1) is 17.2 Å². The molecule has 0 bridgehead atoms. The Bertz CT molecular complexity index is 333. The lowest BCUT2D eigenvalue weighted by atomic mass is 9.97. The van der Waals surface area contributed by atoms with Crippen molar-refractivity contribution in [1.29, 1.82) is 5.26 Å². The molecule has 0 spiro atoms. The third-order valence-corrected chi connectivity index (χ3v) is 4.23. The number of rotatable bonds is 11. The standard InChI is InChI=1S/C16H29N3O/c1-16(13-17,18-15-6-7-15)8-3-9-19(2)10-11-20-12-14-4-5-14/h14-15,18H,3-12H2,1-2H3. The molecular formula is C16H29N3O. The number of ether oxygens (including phenoxy) is 1. The Kier molecular flexibility index (Phi) is 5.83. The van der Waals surface area contributed by atoms with Crippen molar-refractivity contribution in [2.24, 2.45) is 5.92 Å². The van der Waals surface area contributed by atoms with Crippen molar-refractivity contribution in [3.8, 4) is 6.07 Å². The van der Waals surface area contributed by atoms with Gasteiger partial charge < -0.3 is 9.64 Å². The van der Waals surface area contributed by atoms with E-state index in [1.165, 1.54) is 25.7 Å². The van der Waals surface area contributed by atoms with Crippen molar-refractivity contribution in [3.63, 3.8) is 0 Å². The molecule has 20 heavy (non-hydrogen) atoms. The molecule has 0 aromatic carbocycles. The molecule has 0 heterocycles. The van der Waals surface area contributed by atoms with E-state index >= 15 is 0 Å². The van der Waals surface area contributed by atoms with E-state index in [2.05, 4.69) is 23.3 Å². The van der Waals surface area contributed by atoms with E-state index in [-0.39, 0.29) is 5.54 Å². The average Bonchev–Trinajstić information content (AvgIpc) is 3.30. The highest BCUT2D eigenvalue weighted by atomic mass is 16.5. The minimum Gasteiger partial charge on any atom is -0.380 e. The predicted molar refractivity (Wildman–Crippen MR) is 80.4 cm³/mol. The second-order valence-corrected chi connectivity index (χ2v) is 6.79. The maximum Gasteiger partial charge on any atom is 0.104 e. The van der Waals surface area contributed by atoms with E-state index in [1.807, 2.05) is 6.92 Å². The van der Waals surface area contributed by atoms with Gasteiger partial charge in [-0.15, -0.1) is 0 Å². The smallest absolute Gasteiger partial charge is 0.104 e. The van der Waals surface area contributed by atoms with Crippen LogP contribution < -0.4 is 5.32 Å². The molecule has 2 fully saturated rings. The van der Waals surface area contributed by atoms with Gasteiger partial charge in [0, 0.05) is 19.2 Å². The summed E-state index contributed by atoms with van der Waals surface area (Å²) in [5.41, 5.74) is -0.343. The van der Waals surface area contributed by atoms with Crippen LogP contribution in [0.2, 0.25) is 0 Å². The van der Waals surface area contributed by atoms with E-state index in [1.54, 1.807) is 0 Å². The molecule has 2 aliphatic carbocycles. The Morgan fingerprint density at radius 3 is 2.65 bits per heavy atom. The summed E-state index contributed by atoms with van der Waals surface area (Å²) in [5.74, 6) is 0.852. The Morgan fingerprint density at radius 2 is 2.05 bits per heavy atom. The fraction of sp³-hybridized carbons (Fsp3) is 0.938. The van der Waals surface area contributed by atoms with E-state index in [0.29, 0.717) is 6.04 Å². The summed E-state index contributed by atoms with van der Waals surface area (Å²) in [5, 5.41) is 12.8. The largest absolute Gasteiger partial charge is 0.380 e. The van der Waals surface area contributed by atoms with Crippen molar-refractivity contribution in [2.45, 2.75) is 57.0 Å². The summed E-state index contributed by atoms with van der Waals surface area (Å²) in [6.07, 6.45) is 7.16. The number of hydrogen-bond acceptors (Lipinski definition) is 4. The minimum atomic E-state index is -0.343. The minimum absolute atomic E-state index is 0.343. The molecule has 0 aromatic rings. The molecule has 1 atom stereocenters. The van der Waals surface area contributed by atoms with Crippen LogP contribution in [0.4, 0.5) is 0 Å². The molecular weight excluding hydrogens is 250 g/mol. The van der Waals surface area contributed by atoms with Crippen LogP contribution in [-0.4, -0.2) is 49.8 Å². The van der Waals surface area contributed by atoms with Crippen molar-refractivity contribution >= 4 is 0 Å². The summed E-state index contributed by atoms with van der Waals surface area (Å²) in [4.78, 5) is 2.31. The van der Waals surface area contributed by atoms with Crippen LogP contribution in [0.15, 0.2) is 0 Å². The molecule has 2 aliphatic rings. The molecule has 1 N–H and O–H groups in total. The fourth-order valence-electron chi connectivity index (χ4n) is 2.41. The number of nitrogens with zero attached hydrogens (tertiary/aromatic N) is 2. The maximum absolute atomic E-state index is 9.31. The maximum atomic E-state index is 9.31. The van der Waals surface area contributed by atoms with Crippen LogP contribution in [0.3, 0.4) is 0 Å². The molecule has 0 radical (unpaired) electrons. The first-order valence-electron chi connectivity index (χ1n) is 8.06. The number of nitrogens with one attached hydrogen (secondary N) is 1. The van der Waals surface area contributed by atoms with Crippen LogP contribution in [0.1, 0.15) is 45.4 Å². The highest BCUT2D eigenvalue weighted by Crippen LogP contribution is 2.28. The second kappa shape index (κ2) is 7.40. The molecule has 0 saturated heterocycles. The molecule has 4 heteroatoms. The van der Waals surface area contributed by atoms with E-state index in [0.717, 1.165) is 45.1 Å². The molecule has 2 rings (SSSR count). The van der Waals surface area contributed by atoms with Crippen LogP contribution in [0.25, 0.3) is 0 Å². The van der Waals surface area contributed by atoms with E-state index < -0.39 is 0 Å². The monoisotopic (exact) mass is 279 g/mol. The van der Waals surface area contributed by atoms with Gasteiger partial charge in [0.25, 0.3) is 0 Å². The van der Waals surface area contributed by atoms with Gasteiger partial charge in [-0.2, -0.15) is 5.26 Å². The number of likely N-dealkylation sites (N-methyl/N-ethyl adjacent to an activating group) is 1. The third-order valence-electron chi connectivity index (χ3n) is 4.23. The summed E-state index contributed by atoms with van der Waals surface area (Å²) in [6, 6.07) is 3.03. The van der Waals surface area contributed by atoms with Crippen molar-refractivity contribution in [3.05, 3.63) is 0 Å². The van der Waals surface area contributed by atoms with Gasteiger partial charge in [0.15, 0.2) is 0 Å². The first-order valence-corrected chi connectivity index (χ1v) is 8.06. The zero-order chi connectivity index (χ0) is 14.4. The second-order valence-electron chi connectivity index (χ2n) is 6.79. The molecule has 0 aromatic heterocycles. The normalized spacial score (nSPS) is 21.7. The van der Waals surface area contributed by atoms with Crippen LogP contribution in [0.5, 0.6) is 0 Å². The zero-order valence-corrected chi connectivity index (χ0v) is 13.0. The lowest BCUT2D eigenvalue weighted by Crippen LogP contribution is -2.42. The van der Waals surface area contributed by atoms with Gasteiger partial charge in [0.05, 0.1) is 12.7 Å². The first kappa shape index (κ1) is 15.8. The van der Waals surface area contributed by atoms with E-state index in [4.69, 9.17) is 4.74 Å². The Balaban J connectivity index is 1.50. The molecule has 0 amide bonds. The van der Waals surface area contributed by atoms with Gasteiger partial charge in [-0.25, -0.2) is 0 Å². The summed E-state index contributed by atoms with van der Waals surface area (Å²) < 4.78 is 5.65. The predicted octanol–water partition coefficient (Wildman–Crippen LogP) is 2.16. The highest BCUT2D eigenvalue weighted by Gasteiger charge is 2.31. The van der Waals surface area contributed by atoms with Gasteiger partial charge in [-0.1, -0.05) is 0 Å². The van der Waals surface area contributed by atoms with Gasteiger partial charge in [0.1, 0.15) is 5.54 Å². The van der Waals surface area contributed by atoms with Crippen molar-refractivity contribution < 1.29 is 4.74 Å². The Labute approximate surface area is 123 Å². The quantitative estimate of drug-likeness (QED) is 0.589. The highest BCUT2D eigenvalue weighted by molar-refractivity contribution is 5.07. The summed E-state index contributed by atoms with van der Waals surface area (Å²) in [7, 11) is 2.14. The van der Waals surface area contributed by atoms with Crippen molar-refractivity contribution in [2.75, 3.05) is 33.4 Å². The summed E-state index contributed by atoms with van der Waals surface area (Å²) in [6.45, 7) is 5.85. The molecule has 1 unspecified atom stereocenters. The van der Waals surface area contributed by atoms with Crippen molar-refractivity contribution in [1.82, 2.24) is 10.2 Å². The molecule has 114 valence electrons. The molecule has 4 nitrogen and oxygen atoms in total. The van der Waals surface area contributed by atoms with Gasteiger partial charge in [0.2, 0.25) is 0 Å².